The maximum atomic E-state index is 4.64. The summed E-state index contributed by atoms with van der Waals surface area (Å²) in [4.78, 5) is 12.8. The first-order valence-electron chi connectivity index (χ1n) is 11.0. The molecule has 3 nitrogen and oxygen atoms in total. The number of pyridine rings is 3. The van der Waals surface area contributed by atoms with Crippen molar-refractivity contribution >= 4 is 32.4 Å². The molecule has 0 spiro atoms. The van der Waals surface area contributed by atoms with Gasteiger partial charge in [-0.25, -0.2) is 0 Å². The Hall–Kier alpha value is -3.46. The molecular weight excluding hydrogens is 595 g/mol. The van der Waals surface area contributed by atoms with E-state index >= 15 is 0 Å². The fraction of sp³-hybridized carbons (Fsp3) is 0.100. The summed E-state index contributed by atoms with van der Waals surface area (Å²) >= 11 is 0. The third kappa shape index (κ3) is 3.42. The number of hydrogen-bond acceptors (Lipinski definition) is 3. The van der Waals surface area contributed by atoms with Crippen molar-refractivity contribution in [1.29, 1.82) is 0 Å². The predicted octanol–water partition coefficient (Wildman–Crippen LogP) is 6.92. The molecule has 0 atom stereocenters. The molecule has 1 aliphatic rings. The first-order chi connectivity index (χ1) is 16.2. The van der Waals surface area contributed by atoms with Gasteiger partial charge >= 0.3 is 0 Å². The molecule has 1 radical (unpaired) electrons. The fourth-order valence-corrected chi connectivity index (χ4v) is 4.99. The van der Waals surface area contributed by atoms with Crippen LogP contribution in [0.1, 0.15) is 25.0 Å². The molecule has 0 bridgehead atoms. The van der Waals surface area contributed by atoms with Gasteiger partial charge in [0.05, 0.1) is 0 Å². The van der Waals surface area contributed by atoms with Gasteiger partial charge < -0.3 is 15.0 Å². The summed E-state index contributed by atoms with van der Waals surface area (Å²) in [5.41, 5.74) is 5.77. The monoisotopic (exact) mass is 616 g/mol. The van der Waals surface area contributed by atoms with Crippen LogP contribution in [0.15, 0.2) is 91.5 Å². The molecule has 34 heavy (non-hydrogen) atoms. The maximum Gasteiger partial charge on any atom is 0.0161 e. The Labute approximate surface area is 212 Å². The molecule has 0 fully saturated rings. The molecule has 3 aromatic carbocycles. The smallest absolute Gasteiger partial charge is 0.0161 e. The summed E-state index contributed by atoms with van der Waals surface area (Å²) in [6.45, 7) is 4.63. The van der Waals surface area contributed by atoms with E-state index in [1.807, 2.05) is 36.5 Å². The standard InChI is InChI=1S/C20H14N.C10H7N2.Ir/c1-20(2)15-9-3-6-12-13-8-5-11-21-19(13)14-7-4-10-16(20)18(14)17(12)15;1-2-7-12-10(5-1)9-4-3-6-11-8-9;/h3-6,8-11H,1-2H3;1-3,5-8H;/q2*-1;. The molecule has 0 unspecified atom stereocenters. The summed E-state index contributed by atoms with van der Waals surface area (Å²) in [6.07, 6.45) is 7.09. The van der Waals surface area contributed by atoms with Gasteiger partial charge in [0.25, 0.3) is 0 Å². The topological polar surface area (TPSA) is 38.7 Å². The second-order valence-electron chi connectivity index (χ2n) is 8.76. The quantitative estimate of drug-likeness (QED) is 0.149. The van der Waals surface area contributed by atoms with Gasteiger partial charge in [-0.1, -0.05) is 68.0 Å². The Bertz CT molecular complexity index is 1510. The second-order valence-corrected chi connectivity index (χ2v) is 8.76. The van der Waals surface area contributed by atoms with Crippen molar-refractivity contribution in [2.45, 2.75) is 19.3 Å². The van der Waals surface area contributed by atoms with Crippen molar-refractivity contribution in [3.8, 4) is 11.3 Å². The Morgan fingerprint density at radius 2 is 1.53 bits per heavy atom. The van der Waals surface area contributed by atoms with Crippen molar-refractivity contribution < 1.29 is 20.1 Å². The van der Waals surface area contributed by atoms with E-state index < -0.39 is 0 Å². The Kier molecular flexibility index (Phi) is 5.73. The molecule has 6 aromatic rings. The van der Waals surface area contributed by atoms with Gasteiger partial charge in [0.2, 0.25) is 0 Å². The number of hydrogen-bond donors (Lipinski definition) is 0. The van der Waals surface area contributed by atoms with Gasteiger partial charge in [0.1, 0.15) is 0 Å². The van der Waals surface area contributed by atoms with Crippen LogP contribution < -0.4 is 0 Å². The number of rotatable bonds is 1. The Morgan fingerprint density at radius 1 is 0.706 bits per heavy atom. The summed E-state index contributed by atoms with van der Waals surface area (Å²) in [6, 6.07) is 29.2. The van der Waals surface area contributed by atoms with E-state index in [4.69, 9.17) is 0 Å². The van der Waals surface area contributed by atoms with E-state index in [2.05, 4.69) is 71.3 Å². The summed E-state index contributed by atoms with van der Waals surface area (Å²) in [5.74, 6) is 0. The molecule has 0 saturated carbocycles. The van der Waals surface area contributed by atoms with Gasteiger partial charge in [-0.15, -0.1) is 46.8 Å². The Morgan fingerprint density at radius 3 is 2.32 bits per heavy atom. The van der Waals surface area contributed by atoms with Crippen LogP contribution in [0.5, 0.6) is 0 Å². The van der Waals surface area contributed by atoms with Crippen molar-refractivity contribution in [3.63, 3.8) is 0 Å². The third-order valence-corrected chi connectivity index (χ3v) is 6.54. The van der Waals surface area contributed by atoms with E-state index in [9.17, 15) is 0 Å². The van der Waals surface area contributed by atoms with Crippen molar-refractivity contribution in [2.24, 2.45) is 0 Å². The molecule has 167 valence electrons. The van der Waals surface area contributed by atoms with Gasteiger partial charge in [-0.05, 0) is 50.5 Å². The van der Waals surface area contributed by atoms with Gasteiger partial charge in [0, 0.05) is 32.5 Å². The number of fused-ring (bicyclic) bond motifs is 3. The minimum Gasteiger partial charge on any atom is -0.360 e. The zero-order valence-corrected chi connectivity index (χ0v) is 21.2. The zero-order valence-electron chi connectivity index (χ0n) is 18.8. The summed E-state index contributed by atoms with van der Waals surface area (Å²) in [5, 5.41) is 6.44. The van der Waals surface area contributed by atoms with Gasteiger partial charge in [0.15, 0.2) is 0 Å². The molecule has 3 heterocycles. The SMILES string of the molecule is CC1(C)c2cc[c-]c3c4ncccc4c4cccc1c4c23.[Ir].[c-]1ccncc1-c1ccccn1. The zero-order chi connectivity index (χ0) is 22.4. The molecule has 3 aromatic heterocycles. The molecule has 4 heteroatoms. The minimum absolute atomic E-state index is 0. The largest absolute Gasteiger partial charge is 0.360 e. The van der Waals surface area contributed by atoms with Gasteiger partial charge in [-0.3, -0.25) is 0 Å². The van der Waals surface area contributed by atoms with E-state index in [0.29, 0.717) is 0 Å². The minimum atomic E-state index is 0. The van der Waals surface area contributed by atoms with E-state index in [1.165, 1.54) is 32.7 Å². The average molecular weight is 616 g/mol. The molecule has 0 saturated heterocycles. The van der Waals surface area contributed by atoms with Crippen LogP contribution in [-0.2, 0) is 25.5 Å². The molecule has 1 aliphatic carbocycles. The van der Waals surface area contributed by atoms with E-state index in [1.54, 1.807) is 24.7 Å². The van der Waals surface area contributed by atoms with E-state index in [-0.39, 0.29) is 25.5 Å². The first kappa shape index (κ1) is 22.3. The second kappa shape index (κ2) is 8.72. The summed E-state index contributed by atoms with van der Waals surface area (Å²) in [7, 11) is 0. The molecule has 0 amide bonds. The third-order valence-electron chi connectivity index (χ3n) is 6.54. The van der Waals surface area contributed by atoms with Crippen molar-refractivity contribution in [1.82, 2.24) is 15.0 Å². The molecule has 0 aliphatic heterocycles. The normalized spacial score (nSPS) is 13.0. The van der Waals surface area contributed by atoms with Crippen molar-refractivity contribution in [3.05, 3.63) is 115 Å². The average Bonchev–Trinajstić information content (AvgIpc) is 3.13. The number of benzene rings is 3. The van der Waals surface area contributed by atoms with Crippen LogP contribution in [0.2, 0.25) is 0 Å². The van der Waals surface area contributed by atoms with Crippen LogP contribution in [0, 0.1) is 12.1 Å². The van der Waals surface area contributed by atoms with Gasteiger partial charge in [-0.2, -0.15) is 0 Å². The van der Waals surface area contributed by atoms with Crippen LogP contribution in [0.3, 0.4) is 0 Å². The maximum absolute atomic E-state index is 4.64. The fourth-order valence-electron chi connectivity index (χ4n) is 4.99. The molecule has 0 N–H and O–H groups in total. The van der Waals surface area contributed by atoms with Crippen LogP contribution in [0.4, 0.5) is 0 Å². The summed E-state index contributed by atoms with van der Waals surface area (Å²) < 4.78 is 0. The van der Waals surface area contributed by atoms with E-state index in [0.717, 1.165) is 22.2 Å². The predicted molar refractivity (Wildman–Crippen MR) is 134 cm³/mol. The molecular formula is C30H21IrN3-2. The first-order valence-corrected chi connectivity index (χ1v) is 11.0. The van der Waals surface area contributed by atoms with Crippen LogP contribution >= 0.6 is 0 Å². The van der Waals surface area contributed by atoms with Crippen LogP contribution in [0.25, 0.3) is 43.7 Å². The number of nitrogens with zero attached hydrogens (tertiary/aromatic N) is 3. The van der Waals surface area contributed by atoms with Crippen LogP contribution in [-0.4, -0.2) is 15.0 Å². The van der Waals surface area contributed by atoms with Crippen molar-refractivity contribution in [2.75, 3.05) is 0 Å². The molecule has 7 rings (SSSR count). The number of aromatic nitrogens is 3. The Balaban J connectivity index is 0.000000159.